The Kier molecular flexibility index (Phi) is 3.09. The molecule has 0 amide bonds. The van der Waals surface area contributed by atoms with Gasteiger partial charge in [0.15, 0.2) is 5.13 Å². The Bertz CT molecular complexity index is 557. The highest BCUT2D eigenvalue weighted by Crippen LogP contribution is 2.25. The molecule has 1 heterocycles. The lowest BCUT2D eigenvalue weighted by Gasteiger charge is -2.06. The summed E-state index contributed by atoms with van der Waals surface area (Å²) in [4.78, 5) is 4.69. The van der Waals surface area contributed by atoms with Crippen LogP contribution in [0, 0.1) is 18.3 Å². The molecule has 0 saturated carbocycles. The molecule has 0 saturated heterocycles. The molecule has 80 valence electrons. The third-order valence-corrected chi connectivity index (χ3v) is 3.10. The van der Waals surface area contributed by atoms with Crippen LogP contribution in [-0.2, 0) is 0 Å². The van der Waals surface area contributed by atoms with E-state index in [-0.39, 0.29) is 0 Å². The second-order valence-corrected chi connectivity index (χ2v) is 4.69. The van der Waals surface area contributed by atoms with Gasteiger partial charge < -0.3 is 5.32 Å². The minimum atomic E-state index is 0.592. The quantitative estimate of drug-likeness (QED) is 0.883. The summed E-state index contributed by atoms with van der Waals surface area (Å²) in [6, 6.07) is 7.64. The van der Waals surface area contributed by atoms with E-state index in [1.165, 1.54) is 11.3 Å². The lowest BCUT2D eigenvalue weighted by atomic mass is 10.2. The first-order chi connectivity index (χ1) is 7.69. The zero-order chi connectivity index (χ0) is 11.5. The molecule has 1 N–H and O–H groups in total. The Morgan fingerprint density at radius 2 is 2.31 bits per heavy atom. The van der Waals surface area contributed by atoms with Crippen LogP contribution in [0.3, 0.4) is 0 Å². The summed E-state index contributed by atoms with van der Waals surface area (Å²) in [6.45, 7) is 1.97. The average molecular weight is 250 g/mol. The Balaban J connectivity index is 2.24. The number of hydrogen-bond donors (Lipinski definition) is 1. The molecule has 0 unspecified atom stereocenters. The minimum Gasteiger partial charge on any atom is -0.331 e. The SMILES string of the molecule is Cc1cc(Cl)ccc1Nc1ncc(C#N)s1. The fraction of sp³-hybridized carbons (Fsp3) is 0.0909. The van der Waals surface area contributed by atoms with Gasteiger partial charge in [0.2, 0.25) is 0 Å². The maximum absolute atomic E-state index is 8.68. The van der Waals surface area contributed by atoms with E-state index in [2.05, 4.69) is 16.4 Å². The number of nitriles is 1. The van der Waals surface area contributed by atoms with Crippen LogP contribution in [0.2, 0.25) is 5.02 Å². The van der Waals surface area contributed by atoms with Gasteiger partial charge in [-0.1, -0.05) is 22.9 Å². The molecule has 0 atom stereocenters. The van der Waals surface area contributed by atoms with Gasteiger partial charge in [0.1, 0.15) is 10.9 Å². The lowest BCUT2D eigenvalue weighted by molar-refractivity contribution is 1.36. The van der Waals surface area contributed by atoms with Gasteiger partial charge >= 0.3 is 0 Å². The van der Waals surface area contributed by atoms with E-state index in [1.54, 1.807) is 6.20 Å². The summed E-state index contributed by atoms with van der Waals surface area (Å²) in [5.74, 6) is 0. The standard InChI is InChI=1S/C11H8ClN3S/c1-7-4-8(12)2-3-10(7)15-11-14-6-9(5-13)16-11/h2-4,6H,1H3,(H,14,15). The average Bonchev–Trinajstić information content (AvgIpc) is 2.70. The first-order valence-corrected chi connectivity index (χ1v) is 5.77. The van der Waals surface area contributed by atoms with Gasteiger partial charge in [-0.25, -0.2) is 4.98 Å². The van der Waals surface area contributed by atoms with E-state index < -0.39 is 0 Å². The topological polar surface area (TPSA) is 48.7 Å². The fourth-order valence-corrected chi connectivity index (χ4v) is 2.12. The summed E-state index contributed by atoms with van der Waals surface area (Å²) in [7, 11) is 0. The van der Waals surface area contributed by atoms with Gasteiger partial charge in [-0.3, -0.25) is 0 Å². The van der Waals surface area contributed by atoms with Crippen LogP contribution in [0.5, 0.6) is 0 Å². The molecule has 1 aromatic heterocycles. The molecule has 1 aromatic carbocycles. The summed E-state index contributed by atoms with van der Waals surface area (Å²) in [5, 5.41) is 13.3. The van der Waals surface area contributed by atoms with E-state index in [4.69, 9.17) is 16.9 Å². The van der Waals surface area contributed by atoms with Crippen molar-refractivity contribution in [3.63, 3.8) is 0 Å². The number of thiazole rings is 1. The minimum absolute atomic E-state index is 0.592. The summed E-state index contributed by atoms with van der Waals surface area (Å²) >= 11 is 7.19. The Morgan fingerprint density at radius 1 is 1.50 bits per heavy atom. The smallest absolute Gasteiger partial charge is 0.188 e. The predicted molar refractivity (Wildman–Crippen MR) is 66.3 cm³/mol. The number of hydrogen-bond acceptors (Lipinski definition) is 4. The van der Waals surface area contributed by atoms with Crippen LogP contribution in [0.4, 0.5) is 10.8 Å². The van der Waals surface area contributed by atoms with Crippen molar-refractivity contribution >= 4 is 33.8 Å². The molecule has 5 heteroatoms. The number of aromatic nitrogens is 1. The molecule has 0 fully saturated rings. The van der Waals surface area contributed by atoms with Gasteiger partial charge in [-0.15, -0.1) is 0 Å². The van der Waals surface area contributed by atoms with Gasteiger partial charge in [0.05, 0.1) is 6.20 Å². The number of nitrogens with zero attached hydrogens (tertiary/aromatic N) is 2. The van der Waals surface area contributed by atoms with E-state index in [9.17, 15) is 0 Å². The second-order valence-electron chi connectivity index (χ2n) is 3.23. The molecule has 3 nitrogen and oxygen atoms in total. The van der Waals surface area contributed by atoms with Crippen molar-refractivity contribution in [1.29, 1.82) is 5.26 Å². The van der Waals surface area contributed by atoms with Crippen molar-refractivity contribution in [2.75, 3.05) is 5.32 Å². The Morgan fingerprint density at radius 3 is 2.94 bits per heavy atom. The van der Waals surface area contributed by atoms with Crippen molar-refractivity contribution in [2.24, 2.45) is 0 Å². The molecule has 0 aliphatic carbocycles. The van der Waals surface area contributed by atoms with Gasteiger partial charge in [-0.05, 0) is 30.7 Å². The first kappa shape index (κ1) is 10.9. The van der Waals surface area contributed by atoms with E-state index in [1.807, 2.05) is 25.1 Å². The highest BCUT2D eigenvalue weighted by molar-refractivity contribution is 7.16. The predicted octanol–water partition coefficient (Wildman–Crippen LogP) is 3.72. The number of aryl methyl sites for hydroxylation is 1. The van der Waals surface area contributed by atoms with E-state index in [0.717, 1.165) is 11.3 Å². The van der Waals surface area contributed by atoms with Gasteiger partial charge in [0.25, 0.3) is 0 Å². The molecule has 0 aliphatic rings. The lowest BCUT2D eigenvalue weighted by Crippen LogP contribution is -1.91. The molecule has 0 radical (unpaired) electrons. The van der Waals surface area contributed by atoms with Crippen molar-refractivity contribution in [3.8, 4) is 6.07 Å². The molecule has 2 rings (SSSR count). The van der Waals surface area contributed by atoms with E-state index in [0.29, 0.717) is 15.0 Å². The number of rotatable bonds is 2. The summed E-state index contributed by atoms with van der Waals surface area (Å²) in [6.07, 6.45) is 1.55. The van der Waals surface area contributed by atoms with Gasteiger partial charge in [0, 0.05) is 10.7 Å². The zero-order valence-corrected chi connectivity index (χ0v) is 10.1. The van der Waals surface area contributed by atoms with Crippen molar-refractivity contribution < 1.29 is 0 Å². The highest BCUT2D eigenvalue weighted by Gasteiger charge is 2.03. The molecule has 0 spiro atoms. The fourth-order valence-electron chi connectivity index (χ4n) is 1.27. The van der Waals surface area contributed by atoms with Crippen molar-refractivity contribution in [3.05, 3.63) is 39.9 Å². The molecule has 2 aromatic rings. The van der Waals surface area contributed by atoms with Crippen LogP contribution in [0.25, 0.3) is 0 Å². The van der Waals surface area contributed by atoms with Crippen LogP contribution >= 0.6 is 22.9 Å². The monoisotopic (exact) mass is 249 g/mol. The second kappa shape index (κ2) is 4.52. The number of nitrogens with one attached hydrogen (secondary N) is 1. The van der Waals surface area contributed by atoms with Crippen LogP contribution in [-0.4, -0.2) is 4.98 Å². The third-order valence-electron chi connectivity index (χ3n) is 2.05. The Labute approximate surface area is 102 Å². The maximum atomic E-state index is 8.68. The molecule has 0 bridgehead atoms. The largest absolute Gasteiger partial charge is 0.331 e. The summed E-state index contributed by atoms with van der Waals surface area (Å²) in [5.41, 5.74) is 1.99. The highest BCUT2D eigenvalue weighted by atomic mass is 35.5. The zero-order valence-electron chi connectivity index (χ0n) is 8.49. The van der Waals surface area contributed by atoms with Crippen LogP contribution < -0.4 is 5.32 Å². The van der Waals surface area contributed by atoms with E-state index >= 15 is 0 Å². The van der Waals surface area contributed by atoms with Crippen LogP contribution in [0.15, 0.2) is 24.4 Å². The molecular weight excluding hydrogens is 242 g/mol. The third kappa shape index (κ3) is 2.32. The first-order valence-electron chi connectivity index (χ1n) is 4.58. The number of benzene rings is 1. The van der Waals surface area contributed by atoms with Gasteiger partial charge in [-0.2, -0.15) is 5.26 Å². The molecule has 0 aliphatic heterocycles. The molecular formula is C11H8ClN3S. The summed E-state index contributed by atoms with van der Waals surface area (Å²) < 4.78 is 0. The molecule has 16 heavy (non-hydrogen) atoms. The normalized spacial score (nSPS) is 9.81. The Hall–Kier alpha value is -1.57. The van der Waals surface area contributed by atoms with Crippen molar-refractivity contribution in [1.82, 2.24) is 4.98 Å². The number of anilines is 2. The van der Waals surface area contributed by atoms with Crippen molar-refractivity contribution in [2.45, 2.75) is 6.92 Å². The maximum Gasteiger partial charge on any atom is 0.188 e. The van der Waals surface area contributed by atoms with Crippen LogP contribution in [0.1, 0.15) is 10.4 Å². The number of halogens is 1.